The van der Waals surface area contributed by atoms with Crippen molar-refractivity contribution in [3.8, 4) is 5.75 Å². The van der Waals surface area contributed by atoms with Crippen molar-refractivity contribution in [2.75, 3.05) is 19.7 Å². The lowest BCUT2D eigenvalue weighted by Crippen LogP contribution is -2.53. The summed E-state index contributed by atoms with van der Waals surface area (Å²) in [5.74, 6) is -0.621. The quantitative estimate of drug-likeness (QED) is 0.123. The molecule has 3 amide bonds. The van der Waals surface area contributed by atoms with E-state index in [0.717, 1.165) is 53.9 Å². The molecule has 3 atom stereocenters. The lowest BCUT2D eigenvalue weighted by atomic mass is 10.0. The molecular weight excluding hydrogens is 624 g/mol. The van der Waals surface area contributed by atoms with Crippen LogP contribution in [0.4, 0.5) is 4.79 Å². The number of hydrogen-bond donors (Lipinski definition) is 5. The van der Waals surface area contributed by atoms with Crippen molar-refractivity contribution in [2.24, 2.45) is 5.92 Å². The summed E-state index contributed by atoms with van der Waals surface area (Å²) in [6, 6.07) is 22.5. The van der Waals surface area contributed by atoms with Gasteiger partial charge in [0.15, 0.2) is 0 Å². The molecule has 1 saturated heterocycles. The number of carbonyl (C=O) groups excluding carboxylic acids is 3. The van der Waals surface area contributed by atoms with E-state index in [2.05, 4.69) is 21.3 Å². The fraction of sp³-hybridized carbons (Fsp3) is 0.421. The number of aryl methyl sites for hydroxylation is 2. The van der Waals surface area contributed by atoms with Crippen LogP contribution in [0.5, 0.6) is 5.75 Å². The minimum absolute atomic E-state index is 0.00189. The predicted octanol–water partition coefficient (Wildman–Crippen LogP) is 4.66. The first kappa shape index (κ1) is 36.9. The molecule has 1 aliphatic heterocycles. The second-order valence-electron chi connectivity index (χ2n) is 12.4. The molecule has 11 heteroatoms. The van der Waals surface area contributed by atoms with Crippen LogP contribution in [0.25, 0.3) is 0 Å². The molecule has 1 heterocycles. The molecule has 3 aromatic carbocycles. The monoisotopic (exact) mass is 672 g/mol. The van der Waals surface area contributed by atoms with Crippen LogP contribution in [0.15, 0.2) is 78.9 Å². The lowest BCUT2D eigenvalue weighted by molar-refractivity contribution is -0.137. The van der Waals surface area contributed by atoms with Gasteiger partial charge in [-0.3, -0.25) is 14.4 Å². The van der Waals surface area contributed by atoms with Crippen molar-refractivity contribution in [2.45, 2.75) is 77.1 Å². The Labute approximate surface area is 288 Å². The summed E-state index contributed by atoms with van der Waals surface area (Å²) in [5, 5.41) is 20.9. The van der Waals surface area contributed by atoms with E-state index in [0.29, 0.717) is 25.4 Å². The minimum Gasteiger partial charge on any atom is -0.494 e. The maximum Gasteiger partial charge on any atom is 0.408 e. The average molecular weight is 673 g/mol. The number of ether oxygens (including phenoxy) is 2. The van der Waals surface area contributed by atoms with E-state index >= 15 is 0 Å². The van der Waals surface area contributed by atoms with Crippen molar-refractivity contribution >= 4 is 23.9 Å². The minimum atomic E-state index is -1.11. The number of nitrogens with one attached hydrogen (secondary N) is 4. The largest absolute Gasteiger partial charge is 0.494 e. The fourth-order valence-corrected chi connectivity index (χ4v) is 5.67. The van der Waals surface area contributed by atoms with E-state index in [4.69, 9.17) is 14.6 Å². The topological polar surface area (TPSA) is 155 Å². The highest BCUT2D eigenvalue weighted by molar-refractivity contribution is 5.91. The Balaban J connectivity index is 1.40. The maximum absolute atomic E-state index is 13.6. The van der Waals surface area contributed by atoms with Gasteiger partial charge in [-0.05, 0) is 98.8 Å². The van der Waals surface area contributed by atoms with Gasteiger partial charge in [-0.25, -0.2) is 4.79 Å². The highest BCUT2D eigenvalue weighted by atomic mass is 16.5. The number of hydrogen-bond acceptors (Lipinski definition) is 7. The molecule has 1 fully saturated rings. The molecule has 1 unspecified atom stereocenters. The van der Waals surface area contributed by atoms with Gasteiger partial charge in [-0.2, -0.15) is 0 Å². The number of carboxylic acids is 1. The molecule has 5 N–H and O–H groups in total. The summed E-state index contributed by atoms with van der Waals surface area (Å²) in [5.41, 5.74) is 3.67. The summed E-state index contributed by atoms with van der Waals surface area (Å²) < 4.78 is 11.3. The van der Waals surface area contributed by atoms with Crippen LogP contribution >= 0.6 is 0 Å². The Hall–Kier alpha value is -4.90. The van der Waals surface area contributed by atoms with E-state index < -0.39 is 30.1 Å². The van der Waals surface area contributed by atoms with Gasteiger partial charge < -0.3 is 35.8 Å². The van der Waals surface area contributed by atoms with Gasteiger partial charge in [0.2, 0.25) is 11.8 Å². The Morgan fingerprint density at radius 2 is 1.61 bits per heavy atom. The molecule has 3 aromatic rings. The molecule has 1 aliphatic rings. The Bertz CT molecular complexity index is 1500. The predicted molar refractivity (Wildman–Crippen MR) is 186 cm³/mol. The van der Waals surface area contributed by atoms with Gasteiger partial charge in [0, 0.05) is 13.0 Å². The van der Waals surface area contributed by atoms with Crippen molar-refractivity contribution in [3.63, 3.8) is 0 Å². The molecule has 0 radical (unpaired) electrons. The second-order valence-corrected chi connectivity index (χ2v) is 12.4. The number of rotatable bonds is 19. The normalized spacial score (nSPS) is 15.1. The van der Waals surface area contributed by atoms with Crippen molar-refractivity contribution in [3.05, 3.63) is 101 Å². The first-order chi connectivity index (χ1) is 23.8. The van der Waals surface area contributed by atoms with Crippen molar-refractivity contribution in [1.82, 2.24) is 21.3 Å². The molecule has 0 aromatic heterocycles. The molecule has 4 rings (SSSR count). The highest BCUT2D eigenvalue weighted by Crippen LogP contribution is 2.20. The fourth-order valence-electron chi connectivity index (χ4n) is 5.67. The highest BCUT2D eigenvalue weighted by Gasteiger charge is 2.27. The van der Waals surface area contributed by atoms with Gasteiger partial charge in [-0.1, -0.05) is 66.7 Å². The zero-order valence-electron chi connectivity index (χ0n) is 28.1. The van der Waals surface area contributed by atoms with E-state index in [1.165, 1.54) is 0 Å². The summed E-state index contributed by atoms with van der Waals surface area (Å²) in [6.45, 7) is 4.90. The third kappa shape index (κ3) is 13.3. The number of aliphatic carboxylic acids is 1. The molecule has 0 bridgehead atoms. The standard InChI is InChI=1S/C38H48N4O7/c1-27-15-17-32(48-22-20-29-19-21-39-24-29)23-31(27)25-40-36(45)34(18-16-28-9-4-2-5-10-28)41-37(46)33(13-8-14-35(43)44)42-38(47)49-26-30-11-6-3-7-12-30/h2-7,9-12,15,17,23,29,33-34,39H,8,13-14,16,18-22,24-26H2,1H3,(H,40,45)(H,41,46)(H,42,47)(H,43,44)/t29?,33-,34-/m0/s1. The maximum atomic E-state index is 13.6. The van der Waals surface area contributed by atoms with E-state index in [1.54, 1.807) is 12.1 Å². The molecule has 0 saturated carbocycles. The molecule has 262 valence electrons. The molecule has 11 nitrogen and oxygen atoms in total. The molecule has 0 aliphatic carbocycles. The number of amides is 3. The summed E-state index contributed by atoms with van der Waals surface area (Å²) >= 11 is 0. The summed E-state index contributed by atoms with van der Waals surface area (Å²) in [4.78, 5) is 51.1. The number of benzene rings is 3. The Morgan fingerprint density at radius 1 is 0.898 bits per heavy atom. The zero-order chi connectivity index (χ0) is 34.8. The van der Waals surface area contributed by atoms with Crippen LogP contribution in [0.1, 0.15) is 60.8 Å². The Kier molecular flexibility index (Phi) is 14.9. The lowest BCUT2D eigenvalue weighted by Gasteiger charge is -2.23. The molecule has 49 heavy (non-hydrogen) atoms. The van der Waals surface area contributed by atoms with Crippen LogP contribution < -0.4 is 26.0 Å². The zero-order valence-corrected chi connectivity index (χ0v) is 28.1. The van der Waals surface area contributed by atoms with Crippen LogP contribution in [0.2, 0.25) is 0 Å². The van der Waals surface area contributed by atoms with Crippen LogP contribution in [0, 0.1) is 12.8 Å². The van der Waals surface area contributed by atoms with Crippen molar-refractivity contribution < 1.29 is 33.8 Å². The van der Waals surface area contributed by atoms with E-state index in [-0.39, 0.29) is 38.3 Å². The van der Waals surface area contributed by atoms with Gasteiger partial charge in [0.1, 0.15) is 24.4 Å². The third-order valence-electron chi connectivity index (χ3n) is 8.63. The molecule has 0 spiro atoms. The average Bonchev–Trinajstić information content (AvgIpc) is 3.63. The van der Waals surface area contributed by atoms with Crippen molar-refractivity contribution in [1.29, 1.82) is 0 Å². The molecular formula is C38H48N4O7. The van der Waals surface area contributed by atoms with Crippen LogP contribution in [-0.4, -0.2) is 60.8 Å². The smallest absolute Gasteiger partial charge is 0.408 e. The SMILES string of the molecule is Cc1ccc(OCCC2CCNC2)cc1CNC(=O)[C@H](CCc1ccccc1)NC(=O)[C@H](CCCC(=O)O)NC(=O)OCc1ccccc1. The van der Waals surface area contributed by atoms with Gasteiger partial charge in [-0.15, -0.1) is 0 Å². The first-order valence-electron chi connectivity index (χ1n) is 17.0. The summed E-state index contributed by atoms with van der Waals surface area (Å²) in [6.07, 6.45) is 2.16. The first-order valence-corrected chi connectivity index (χ1v) is 17.0. The van der Waals surface area contributed by atoms with Crippen LogP contribution in [-0.2, 0) is 38.7 Å². The number of carboxylic acid groups (broad SMARTS) is 1. The summed E-state index contributed by atoms with van der Waals surface area (Å²) in [7, 11) is 0. The van der Waals surface area contributed by atoms with Crippen LogP contribution in [0.3, 0.4) is 0 Å². The Morgan fingerprint density at radius 3 is 2.31 bits per heavy atom. The third-order valence-corrected chi connectivity index (χ3v) is 8.63. The van der Waals surface area contributed by atoms with Gasteiger partial charge in [0.25, 0.3) is 0 Å². The number of carbonyl (C=O) groups is 4. The van der Waals surface area contributed by atoms with E-state index in [1.807, 2.05) is 73.7 Å². The van der Waals surface area contributed by atoms with Gasteiger partial charge in [0.05, 0.1) is 6.61 Å². The second kappa shape index (κ2) is 19.8. The number of alkyl carbamates (subject to hydrolysis) is 1. The van der Waals surface area contributed by atoms with E-state index in [9.17, 15) is 19.2 Å². The van der Waals surface area contributed by atoms with Gasteiger partial charge >= 0.3 is 12.1 Å².